The lowest BCUT2D eigenvalue weighted by atomic mass is 10.1. The number of hydrogen-bond donors (Lipinski definition) is 2. The summed E-state index contributed by atoms with van der Waals surface area (Å²) in [6.45, 7) is 0.174. The Balaban J connectivity index is 2.16. The Bertz CT molecular complexity index is 444. The minimum atomic E-state index is 0.174. The Hall–Kier alpha value is -1.31. The summed E-state index contributed by atoms with van der Waals surface area (Å²) in [6, 6.07) is 3.81. The van der Waals surface area contributed by atoms with Crippen molar-refractivity contribution in [2.45, 2.75) is 25.3 Å². The van der Waals surface area contributed by atoms with E-state index in [9.17, 15) is 5.11 Å². The molecule has 0 saturated heterocycles. The van der Waals surface area contributed by atoms with Crippen LogP contribution in [0.4, 0.5) is 5.82 Å². The Morgan fingerprint density at radius 1 is 1.59 bits per heavy atom. The second kappa shape index (κ2) is 5.35. The van der Waals surface area contributed by atoms with Crippen molar-refractivity contribution in [2.75, 3.05) is 11.9 Å². The van der Waals surface area contributed by atoms with Crippen LogP contribution in [0.5, 0.6) is 0 Å². The number of nitrogens with zero attached hydrogens (tertiary/aromatic N) is 2. The topological polar surface area (TPSA) is 68.9 Å². The zero-order valence-corrected chi connectivity index (χ0v) is 10.1. The first kappa shape index (κ1) is 12.2. The van der Waals surface area contributed by atoms with E-state index in [4.69, 9.17) is 16.9 Å². The van der Waals surface area contributed by atoms with Crippen LogP contribution in [-0.4, -0.2) is 22.7 Å². The molecule has 2 unspecified atom stereocenters. The Morgan fingerprint density at radius 3 is 3.12 bits per heavy atom. The highest BCUT2D eigenvalue weighted by Gasteiger charge is 2.27. The van der Waals surface area contributed by atoms with Gasteiger partial charge in [0.05, 0.1) is 5.56 Å². The largest absolute Gasteiger partial charge is 0.396 e. The van der Waals surface area contributed by atoms with Gasteiger partial charge in [0.25, 0.3) is 0 Å². The van der Waals surface area contributed by atoms with Crippen molar-refractivity contribution < 1.29 is 5.11 Å². The van der Waals surface area contributed by atoms with Gasteiger partial charge in [-0.2, -0.15) is 5.26 Å². The van der Waals surface area contributed by atoms with Crippen LogP contribution in [0.3, 0.4) is 0 Å². The predicted molar refractivity (Wildman–Crippen MR) is 65.8 cm³/mol. The summed E-state index contributed by atoms with van der Waals surface area (Å²) in [5.41, 5.74) is 0.419. The molecule has 0 spiro atoms. The van der Waals surface area contributed by atoms with Crippen molar-refractivity contribution in [3.05, 3.63) is 22.8 Å². The first-order valence-electron chi connectivity index (χ1n) is 5.68. The summed E-state index contributed by atoms with van der Waals surface area (Å²) >= 11 is 6.07. The van der Waals surface area contributed by atoms with Crippen molar-refractivity contribution in [3.63, 3.8) is 0 Å². The van der Waals surface area contributed by atoms with Crippen LogP contribution in [0.15, 0.2) is 12.3 Å². The fourth-order valence-corrected chi connectivity index (χ4v) is 2.46. The molecule has 2 N–H and O–H groups in total. The number of aliphatic hydroxyl groups excluding tert-OH is 1. The zero-order chi connectivity index (χ0) is 12.3. The summed E-state index contributed by atoms with van der Waals surface area (Å²) in [5.74, 6) is 0.787. The monoisotopic (exact) mass is 251 g/mol. The fourth-order valence-electron chi connectivity index (χ4n) is 2.25. The van der Waals surface area contributed by atoms with E-state index in [1.807, 2.05) is 6.07 Å². The van der Waals surface area contributed by atoms with Crippen LogP contribution >= 0.6 is 11.6 Å². The van der Waals surface area contributed by atoms with E-state index in [-0.39, 0.29) is 18.6 Å². The van der Waals surface area contributed by atoms with Gasteiger partial charge in [0.2, 0.25) is 0 Å². The molecule has 1 aromatic heterocycles. The number of aliphatic hydroxyl groups is 1. The normalized spacial score (nSPS) is 23.4. The molecule has 1 saturated carbocycles. The molecule has 1 aliphatic rings. The predicted octanol–water partition coefficient (Wildman–Crippen LogP) is 2.18. The van der Waals surface area contributed by atoms with Crippen LogP contribution in [0.1, 0.15) is 24.8 Å². The van der Waals surface area contributed by atoms with E-state index in [1.165, 1.54) is 0 Å². The number of halogens is 1. The molecule has 1 aromatic rings. The first-order chi connectivity index (χ1) is 8.26. The molecule has 0 aromatic carbocycles. The lowest BCUT2D eigenvalue weighted by Crippen LogP contribution is -2.27. The number of rotatable bonds is 3. The van der Waals surface area contributed by atoms with Crippen molar-refractivity contribution in [1.82, 2.24) is 4.98 Å². The van der Waals surface area contributed by atoms with Crippen molar-refractivity contribution in [1.29, 1.82) is 5.26 Å². The molecule has 2 rings (SSSR count). The van der Waals surface area contributed by atoms with Gasteiger partial charge in [0.1, 0.15) is 16.9 Å². The van der Waals surface area contributed by atoms with Gasteiger partial charge in [-0.25, -0.2) is 4.98 Å². The molecule has 1 heterocycles. The van der Waals surface area contributed by atoms with Crippen molar-refractivity contribution >= 4 is 17.4 Å². The third kappa shape index (κ3) is 2.51. The van der Waals surface area contributed by atoms with Crippen LogP contribution in [0.2, 0.25) is 5.02 Å². The fraction of sp³-hybridized carbons (Fsp3) is 0.500. The van der Waals surface area contributed by atoms with Crippen LogP contribution in [-0.2, 0) is 0 Å². The van der Waals surface area contributed by atoms with E-state index >= 15 is 0 Å². The minimum Gasteiger partial charge on any atom is -0.396 e. The number of hydrogen-bond acceptors (Lipinski definition) is 4. The molecular weight excluding hydrogens is 238 g/mol. The highest BCUT2D eigenvalue weighted by atomic mass is 35.5. The number of nitrogens with one attached hydrogen (secondary N) is 1. The molecule has 1 aliphatic carbocycles. The van der Waals surface area contributed by atoms with E-state index in [0.29, 0.717) is 16.4 Å². The molecule has 0 radical (unpaired) electrons. The zero-order valence-electron chi connectivity index (χ0n) is 9.36. The Morgan fingerprint density at radius 2 is 2.41 bits per heavy atom. The van der Waals surface area contributed by atoms with Crippen molar-refractivity contribution in [3.8, 4) is 6.07 Å². The maximum Gasteiger partial charge on any atom is 0.146 e. The summed E-state index contributed by atoms with van der Waals surface area (Å²) in [5, 5.41) is 21.7. The number of aromatic nitrogens is 1. The van der Waals surface area contributed by atoms with Crippen LogP contribution in [0, 0.1) is 17.2 Å². The summed E-state index contributed by atoms with van der Waals surface area (Å²) in [4.78, 5) is 4.14. The molecule has 4 nitrogen and oxygen atoms in total. The summed E-state index contributed by atoms with van der Waals surface area (Å²) in [6.07, 6.45) is 4.68. The summed E-state index contributed by atoms with van der Waals surface area (Å²) in [7, 11) is 0. The summed E-state index contributed by atoms with van der Waals surface area (Å²) < 4.78 is 0. The van der Waals surface area contributed by atoms with Crippen molar-refractivity contribution in [2.24, 2.45) is 5.92 Å². The maximum atomic E-state index is 9.24. The second-order valence-electron chi connectivity index (χ2n) is 4.26. The minimum absolute atomic E-state index is 0.174. The van der Waals surface area contributed by atoms with Crippen LogP contribution < -0.4 is 5.32 Å². The van der Waals surface area contributed by atoms with E-state index in [2.05, 4.69) is 10.3 Å². The number of anilines is 1. The maximum absolute atomic E-state index is 9.24. The lowest BCUT2D eigenvalue weighted by Gasteiger charge is -2.20. The van der Waals surface area contributed by atoms with Gasteiger partial charge in [0, 0.05) is 24.8 Å². The number of nitriles is 1. The van der Waals surface area contributed by atoms with Gasteiger partial charge in [-0.1, -0.05) is 18.0 Å². The Kier molecular flexibility index (Phi) is 3.82. The third-order valence-electron chi connectivity index (χ3n) is 3.23. The molecule has 0 amide bonds. The first-order valence-corrected chi connectivity index (χ1v) is 6.06. The SMILES string of the molecule is N#Cc1ccnc(NC2CCCC2CO)c1Cl. The highest BCUT2D eigenvalue weighted by Crippen LogP contribution is 2.30. The molecule has 5 heteroatoms. The average molecular weight is 252 g/mol. The highest BCUT2D eigenvalue weighted by molar-refractivity contribution is 6.34. The van der Waals surface area contributed by atoms with Gasteiger partial charge in [-0.05, 0) is 18.9 Å². The lowest BCUT2D eigenvalue weighted by molar-refractivity contribution is 0.222. The molecular formula is C12H14ClN3O. The average Bonchev–Trinajstić information content (AvgIpc) is 2.79. The van der Waals surface area contributed by atoms with E-state index in [1.54, 1.807) is 12.3 Å². The van der Waals surface area contributed by atoms with Gasteiger partial charge >= 0.3 is 0 Å². The van der Waals surface area contributed by atoms with Gasteiger partial charge < -0.3 is 10.4 Å². The molecule has 90 valence electrons. The van der Waals surface area contributed by atoms with Gasteiger partial charge in [-0.15, -0.1) is 0 Å². The molecule has 0 bridgehead atoms. The molecule has 2 atom stereocenters. The molecule has 17 heavy (non-hydrogen) atoms. The second-order valence-corrected chi connectivity index (χ2v) is 4.64. The Labute approximate surface area is 105 Å². The van der Waals surface area contributed by atoms with Gasteiger partial charge in [0.15, 0.2) is 0 Å². The molecule has 0 aliphatic heterocycles. The van der Waals surface area contributed by atoms with E-state index < -0.39 is 0 Å². The smallest absolute Gasteiger partial charge is 0.146 e. The van der Waals surface area contributed by atoms with E-state index in [0.717, 1.165) is 19.3 Å². The molecule has 1 fully saturated rings. The van der Waals surface area contributed by atoms with Crippen LogP contribution in [0.25, 0.3) is 0 Å². The third-order valence-corrected chi connectivity index (χ3v) is 3.61. The standard InChI is InChI=1S/C12H14ClN3O/c13-11-8(6-14)4-5-15-12(11)16-10-3-1-2-9(10)7-17/h4-5,9-10,17H,1-3,7H2,(H,15,16). The number of pyridine rings is 1. The quantitative estimate of drug-likeness (QED) is 0.864. The van der Waals surface area contributed by atoms with Gasteiger partial charge in [-0.3, -0.25) is 0 Å².